The van der Waals surface area contributed by atoms with E-state index in [1.807, 2.05) is 0 Å². The maximum absolute atomic E-state index is 12.7. The summed E-state index contributed by atoms with van der Waals surface area (Å²) in [6, 6.07) is 8.11. The molecule has 0 unspecified atom stereocenters. The van der Waals surface area contributed by atoms with E-state index in [9.17, 15) is 8.42 Å². The van der Waals surface area contributed by atoms with Gasteiger partial charge in [-0.15, -0.1) is 0 Å². The first kappa shape index (κ1) is 14.8. The zero-order valence-corrected chi connectivity index (χ0v) is 13.3. The Morgan fingerprint density at radius 1 is 1.20 bits per heavy atom. The van der Waals surface area contributed by atoms with Gasteiger partial charge in [-0.25, -0.2) is 8.42 Å². The molecule has 2 rings (SSSR count). The SMILES string of the molecule is COc1ccc(Br)cc1S(=O)(=O)N(C)c1ccncc1. The summed E-state index contributed by atoms with van der Waals surface area (Å²) in [6.45, 7) is 0. The number of methoxy groups -OCH3 is 1. The minimum absolute atomic E-state index is 0.105. The highest BCUT2D eigenvalue weighted by Crippen LogP contribution is 2.31. The van der Waals surface area contributed by atoms with Crippen LogP contribution in [0.1, 0.15) is 0 Å². The highest BCUT2D eigenvalue weighted by Gasteiger charge is 2.25. The lowest BCUT2D eigenvalue weighted by molar-refractivity contribution is 0.402. The molecule has 0 aliphatic carbocycles. The lowest BCUT2D eigenvalue weighted by Crippen LogP contribution is -2.27. The van der Waals surface area contributed by atoms with Crippen LogP contribution in [0.25, 0.3) is 0 Å². The summed E-state index contributed by atoms with van der Waals surface area (Å²) in [4.78, 5) is 3.98. The van der Waals surface area contributed by atoms with Crippen molar-refractivity contribution in [1.82, 2.24) is 4.98 Å². The molecule has 0 saturated heterocycles. The van der Waals surface area contributed by atoms with Crippen LogP contribution in [0.3, 0.4) is 0 Å². The lowest BCUT2D eigenvalue weighted by Gasteiger charge is -2.20. The molecule has 0 saturated carbocycles. The third-order valence-corrected chi connectivity index (χ3v) is 5.09. The van der Waals surface area contributed by atoms with Crippen molar-refractivity contribution in [2.75, 3.05) is 18.5 Å². The second-order valence-corrected chi connectivity index (χ2v) is 6.83. The summed E-state index contributed by atoms with van der Waals surface area (Å²) in [5.74, 6) is 0.300. The van der Waals surface area contributed by atoms with Crippen LogP contribution in [0.15, 0.2) is 52.1 Å². The van der Waals surface area contributed by atoms with E-state index in [0.29, 0.717) is 15.9 Å². The summed E-state index contributed by atoms with van der Waals surface area (Å²) in [5, 5.41) is 0. The molecule has 0 radical (unpaired) electrons. The maximum Gasteiger partial charge on any atom is 0.267 e. The minimum atomic E-state index is -3.71. The normalized spacial score (nSPS) is 11.2. The van der Waals surface area contributed by atoms with Gasteiger partial charge in [0, 0.05) is 23.9 Å². The van der Waals surface area contributed by atoms with Crippen molar-refractivity contribution in [3.63, 3.8) is 0 Å². The topological polar surface area (TPSA) is 59.5 Å². The number of halogens is 1. The number of ether oxygens (including phenoxy) is 1. The number of hydrogen-bond donors (Lipinski definition) is 0. The number of rotatable bonds is 4. The largest absolute Gasteiger partial charge is 0.495 e. The van der Waals surface area contributed by atoms with Crippen molar-refractivity contribution in [2.45, 2.75) is 4.90 Å². The average Bonchev–Trinajstić information content (AvgIpc) is 2.47. The summed E-state index contributed by atoms with van der Waals surface area (Å²) in [6.07, 6.45) is 3.08. The van der Waals surface area contributed by atoms with E-state index in [4.69, 9.17) is 4.74 Å². The van der Waals surface area contributed by atoms with E-state index >= 15 is 0 Å². The molecule has 7 heteroatoms. The molecule has 0 spiro atoms. The van der Waals surface area contributed by atoms with Crippen molar-refractivity contribution < 1.29 is 13.2 Å². The zero-order valence-electron chi connectivity index (χ0n) is 10.9. The van der Waals surface area contributed by atoms with Crippen LogP contribution < -0.4 is 9.04 Å². The van der Waals surface area contributed by atoms with Gasteiger partial charge in [0.2, 0.25) is 0 Å². The smallest absolute Gasteiger partial charge is 0.267 e. The van der Waals surface area contributed by atoms with E-state index in [0.717, 1.165) is 0 Å². The second-order valence-electron chi connectivity index (χ2n) is 3.97. The van der Waals surface area contributed by atoms with Crippen molar-refractivity contribution >= 4 is 31.6 Å². The quantitative estimate of drug-likeness (QED) is 0.844. The van der Waals surface area contributed by atoms with Crippen LogP contribution in [-0.2, 0) is 10.0 Å². The number of sulfonamides is 1. The molecule has 1 aromatic carbocycles. The monoisotopic (exact) mass is 356 g/mol. The number of benzene rings is 1. The Morgan fingerprint density at radius 2 is 1.85 bits per heavy atom. The van der Waals surface area contributed by atoms with Crippen molar-refractivity contribution in [3.8, 4) is 5.75 Å². The van der Waals surface area contributed by atoms with E-state index in [2.05, 4.69) is 20.9 Å². The Morgan fingerprint density at radius 3 is 2.45 bits per heavy atom. The predicted molar refractivity (Wildman–Crippen MR) is 80.5 cm³/mol. The van der Waals surface area contributed by atoms with E-state index in [-0.39, 0.29) is 4.90 Å². The molecule has 2 aromatic rings. The first-order chi connectivity index (χ1) is 9.46. The van der Waals surface area contributed by atoms with Gasteiger partial charge in [0.25, 0.3) is 10.0 Å². The summed E-state index contributed by atoms with van der Waals surface area (Å²) in [7, 11) is -0.776. The van der Waals surface area contributed by atoms with Crippen LogP contribution >= 0.6 is 15.9 Å². The summed E-state index contributed by atoms with van der Waals surface area (Å²) < 4.78 is 32.3. The van der Waals surface area contributed by atoms with Crippen molar-refractivity contribution in [1.29, 1.82) is 0 Å². The highest BCUT2D eigenvalue weighted by atomic mass is 79.9. The number of nitrogens with zero attached hydrogens (tertiary/aromatic N) is 2. The molecule has 106 valence electrons. The van der Waals surface area contributed by atoms with Gasteiger partial charge in [-0.3, -0.25) is 9.29 Å². The number of aromatic nitrogens is 1. The Bertz CT molecular complexity index is 705. The maximum atomic E-state index is 12.7. The standard InChI is InChI=1S/C13H13BrN2O3S/c1-16(11-5-7-15-8-6-11)20(17,18)13-9-10(14)3-4-12(13)19-2/h3-9H,1-2H3. The van der Waals surface area contributed by atoms with Gasteiger partial charge in [0.15, 0.2) is 0 Å². The van der Waals surface area contributed by atoms with Crippen molar-refractivity contribution in [2.24, 2.45) is 0 Å². The van der Waals surface area contributed by atoms with Gasteiger partial charge < -0.3 is 4.74 Å². The Kier molecular flexibility index (Phi) is 4.29. The second kappa shape index (κ2) is 5.80. The molecule has 0 bridgehead atoms. The van der Waals surface area contributed by atoms with Gasteiger partial charge in [-0.05, 0) is 30.3 Å². The van der Waals surface area contributed by atoms with Gasteiger partial charge in [0.05, 0.1) is 12.8 Å². The third kappa shape index (κ3) is 2.78. The molecule has 0 amide bonds. The first-order valence-electron chi connectivity index (χ1n) is 5.69. The van der Waals surface area contributed by atoms with Gasteiger partial charge in [0.1, 0.15) is 10.6 Å². The average molecular weight is 357 g/mol. The number of hydrogen-bond acceptors (Lipinski definition) is 4. The van der Waals surface area contributed by atoms with E-state index in [1.165, 1.54) is 24.5 Å². The lowest BCUT2D eigenvalue weighted by atomic mass is 10.3. The summed E-state index contributed by atoms with van der Waals surface area (Å²) >= 11 is 3.27. The van der Waals surface area contributed by atoms with Crippen LogP contribution in [0, 0.1) is 0 Å². The number of pyridine rings is 1. The van der Waals surface area contributed by atoms with Crippen LogP contribution in [0.4, 0.5) is 5.69 Å². The van der Waals surface area contributed by atoms with Crippen LogP contribution in [-0.4, -0.2) is 27.6 Å². The molecule has 1 aromatic heterocycles. The molecule has 0 aliphatic rings. The molecule has 1 heterocycles. The summed E-state index contributed by atoms with van der Waals surface area (Å²) in [5.41, 5.74) is 0.530. The Hall–Kier alpha value is -1.60. The van der Waals surface area contributed by atoms with Crippen LogP contribution in [0.5, 0.6) is 5.75 Å². The predicted octanol–water partition coefficient (Wildman–Crippen LogP) is 2.68. The molecule has 0 atom stereocenters. The highest BCUT2D eigenvalue weighted by molar-refractivity contribution is 9.10. The molecule has 0 fully saturated rings. The van der Waals surface area contributed by atoms with Crippen molar-refractivity contribution in [3.05, 3.63) is 47.2 Å². The fourth-order valence-electron chi connectivity index (χ4n) is 1.69. The first-order valence-corrected chi connectivity index (χ1v) is 7.92. The van der Waals surface area contributed by atoms with Gasteiger partial charge in [-0.1, -0.05) is 15.9 Å². The minimum Gasteiger partial charge on any atom is -0.495 e. The van der Waals surface area contributed by atoms with Gasteiger partial charge >= 0.3 is 0 Å². The Balaban J connectivity index is 2.53. The van der Waals surface area contributed by atoms with Crippen LogP contribution in [0.2, 0.25) is 0 Å². The fourth-order valence-corrected chi connectivity index (χ4v) is 3.58. The zero-order chi connectivity index (χ0) is 14.8. The molecule has 20 heavy (non-hydrogen) atoms. The van der Waals surface area contributed by atoms with Gasteiger partial charge in [-0.2, -0.15) is 0 Å². The molecular weight excluding hydrogens is 344 g/mol. The fraction of sp³-hybridized carbons (Fsp3) is 0.154. The molecule has 0 aliphatic heterocycles. The molecular formula is C13H13BrN2O3S. The Labute approximate surface area is 126 Å². The third-order valence-electron chi connectivity index (χ3n) is 2.79. The molecule has 0 N–H and O–H groups in total. The van der Waals surface area contributed by atoms with E-state index < -0.39 is 10.0 Å². The van der Waals surface area contributed by atoms with E-state index in [1.54, 1.807) is 36.7 Å². The number of anilines is 1. The molecule has 5 nitrogen and oxygen atoms in total.